The quantitative estimate of drug-likeness (QED) is 0.204. The number of Topliss-reactive ketones (excluding diaryl/α,β-unsaturated/α-hetero) is 1. The number of ketones is 1. The predicted molar refractivity (Wildman–Crippen MR) is 187 cm³/mol. The van der Waals surface area contributed by atoms with Crippen LogP contribution in [0.15, 0.2) is 71.4 Å². The minimum atomic E-state index is -0.404. The summed E-state index contributed by atoms with van der Waals surface area (Å²) >= 11 is 0. The molecule has 5 nitrogen and oxygen atoms in total. The van der Waals surface area contributed by atoms with E-state index in [0.717, 1.165) is 70.4 Å². The molecule has 3 aliphatic carbocycles. The molecule has 46 heavy (non-hydrogen) atoms. The Morgan fingerprint density at radius 1 is 0.717 bits per heavy atom. The highest BCUT2D eigenvalue weighted by Gasteiger charge is 2.45. The van der Waals surface area contributed by atoms with Crippen molar-refractivity contribution in [2.24, 2.45) is 28.7 Å². The maximum atomic E-state index is 14.4. The highest BCUT2D eigenvalue weighted by molar-refractivity contribution is 6.52. The third-order valence-electron chi connectivity index (χ3n) is 11.7. The van der Waals surface area contributed by atoms with Crippen LogP contribution in [0.3, 0.4) is 0 Å². The van der Waals surface area contributed by atoms with E-state index < -0.39 is 5.66 Å². The predicted octanol–water partition coefficient (Wildman–Crippen LogP) is 8.06. The van der Waals surface area contributed by atoms with Crippen molar-refractivity contribution in [1.82, 2.24) is 0 Å². The first-order valence-corrected chi connectivity index (χ1v) is 17.4. The van der Waals surface area contributed by atoms with E-state index in [9.17, 15) is 9.90 Å². The number of aliphatic hydroxyl groups is 1. The molecule has 2 fully saturated rings. The van der Waals surface area contributed by atoms with Crippen LogP contribution in [0.4, 0.5) is 11.4 Å². The Labute approximate surface area is 270 Å². The van der Waals surface area contributed by atoms with E-state index in [4.69, 9.17) is 4.99 Å². The highest BCUT2D eigenvalue weighted by Crippen LogP contribution is 2.49. The molecule has 234 valence electrons. The van der Waals surface area contributed by atoms with Gasteiger partial charge in [0.2, 0.25) is 5.78 Å². The molecule has 2 spiro atoms. The van der Waals surface area contributed by atoms with Gasteiger partial charge in [0, 0.05) is 32.9 Å². The topological polar surface area (TPSA) is 73.7 Å². The van der Waals surface area contributed by atoms with Gasteiger partial charge in [-0.05, 0) is 103 Å². The molecule has 0 saturated heterocycles. The smallest absolute Gasteiger partial charge is 0.201 e. The van der Waals surface area contributed by atoms with Gasteiger partial charge in [0.1, 0.15) is 11.4 Å². The number of anilines is 2. The molecule has 0 aromatic heterocycles. The van der Waals surface area contributed by atoms with E-state index >= 15 is 0 Å². The molecule has 9 rings (SSSR count). The first-order chi connectivity index (χ1) is 22.1. The lowest BCUT2D eigenvalue weighted by molar-refractivity contribution is -0.109. The van der Waals surface area contributed by atoms with Gasteiger partial charge in [-0.2, -0.15) is 0 Å². The molecule has 5 heteroatoms. The lowest BCUT2D eigenvalue weighted by Gasteiger charge is -2.47. The molecule has 5 aliphatic rings. The molecular formula is C41H43N3O2. The van der Waals surface area contributed by atoms with Crippen molar-refractivity contribution in [3.05, 3.63) is 88.1 Å². The minimum absolute atomic E-state index is 0.0443. The summed E-state index contributed by atoms with van der Waals surface area (Å²) in [5.74, 6) is 2.39. The van der Waals surface area contributed by atoms with E-state index in [1.165, 1.54) is 29.2 Å². The van der Waals surface area contributed by atoms with E-state index in [1.807, 2.05) is 6.07 Å². The molecule has 2 heterocycles. The summed E-state index contributed by atoms with van der Waals surface area (Å²) in [5.41, 5.74) is 4.72. The average Bonchev–Trinajstić information content (AvgIpc) is 2.98. The zero-order chi connectivity index (χ0) is 31.5. The number of carbonyl (C=O) groups excluding carboxylic acids is 1. The minimum Gasteiger partial charge on any atom is -0.506 e. The molecule has 4 aromatic carbocycles. The molecule has 0 bridgehead atoms. The van der Waals surface area contributed by atoms with E-state index in [0.29, 0.717) is 34.8 Å². The van der Waals surface area contributed by atoms with Gasteiger partial charge in [0.05, 0.1) is 16.5 Å². The van der Waals surface area contributed by atoms with Gasteiger partial charge in [-0.1, -0.05) is 76.2 Å². The Bertz CT molecular complexity index is 2140. The Balaban J connectivity index is 1.25. The Kier molecular flexibility index (Phi) is 5.93. The molecule has 0 amide bonds. The first-order valence-electron chi connectivity index (χ1n) is 17.4. The normalized spacial score (nSPS) is 32.7. The monoisotopic (exact) mass is 609 g/mol. The summed E-state index contributed by atoms with van der Waals surface area (Å²) in [6.07, 6.45) is 7.42. The number of carbonyl (C=O) groups is 1. The fraction of sp³-hybridized carbons (Fsp3) is 0.415. The van der Waals surface area contributed by atoms with Gasteiger partial charge in [-0.3, -0.25) is 9.79 Å². The second-order valence-corrected chi connectivity index (χ2v) is 15.8. The van der Waals surface area contributed by atoms with Crippen LogP contribution in [0.2, 0.25) is 0 Å². The van der Waals surface area contributed by atoms with Crippen LogP contribution in [0.25, 0.3) is 32.7 Å². The van der Waals surface area contributed by atoms with Crippen LogP contribution in [-0.2, 0) is 11.2 Å². The number of benzene rings is 4. The van der Waals surface area contributed by atoms with Crippen LogP contribution in [0, 0.1) is 23.7 Å². The number of hydrogen-bond acceptors (Lipinski definition) is 5. The number of nitrogens with zero attached hydrogens (tertiary/aromatic N) is 1. The van der Waals surface area contributed by atoms with Crippen molar-refractivity contribution in [2.75, 3.05) is 10.6 Å². The van der Waals surface area contributed by atoms with Gasteiger partial charge in [0.25, 0.3) is 0 Å². The van der Waals surface area contributed by atoms with Crippen LogP contribution >= 0.6 is 0 Å². The molecule has 3 N–H and O–H groups in total. The molecule has 4 aromatic rings. The zero-order valence-electron chi connectivity index (χ0n) is 27.3. The van der Waals surface area contributed by atoms with Gasteiger partial charge >= 0.3 is 0 Å². The van der Waals surface area contributed by atoms with Crippen LogP contribution in [0.1, 0.15) is 77.3 Å². The van der Waals surface area contributed by atoms with Crippen LogP contribution in [0.5, 0.6) is 0 Å². The standard InChI is InChI=1S/C41H43N3O2/c1-22-15-23(2)18-40(17-22)21-30-28(13-11-26-7-5-9-31(42-40)33(26)30)35-38(45)36(39(35)46)29-14-12-27-8-6-10-32-34(27)37(29)44-41(43-32)19-24(3)16-25(4)20-41/h5-14,22-25,42-43,45H,15-21H2,1-4H3/b36-29-. The fourth-order valence-electron chi connectivity index (χ4n) is 10.6. The Hall–Kier alpha value is -4.12. The van der Waals surface area contributed by atoms with Crippen molar-refractivity contribution in [3.63, 3.8) is 0 Å². The summed E-state index contributed by atoms with van der Waals surface area (Å²) in [4.78, 5) is 19.9. The summed E-state index contributed by atoms with van der Waals surface area (Å²) in [7, 11) is 0. The van der Waals surface area contributed by atoms with Crippen molar-refractivity contribution in [1.29, 1.82) is 0 Å². The summed E-state index contributed by atoms with van der Waals surface area (Å²) in [5, 5.41) is 25.8. The first kappa shape index (κ1) is 28.1. The van der Waals surface area contributed by atoms with Gasteiger partial charge in [0.15, 0.2) is 0 Å². The third-order valence-corrected chi connectivity index (χ3v) is 11.7. The molecule has 2 saturated carbocycles. The van der Waals surface area contributed by atoms with Crippen molar-refractivity contribution in [3.8, 4) is 0 Å². The average molecular weight is 610 g/mol. The van der Waals surface area contributed by atoms with Gasteiger partial charge < -0.3 is 15.7 Å². The van der Waals surface area contributed by atoms with Gasteiger partial charge in [-0.25, -0.2) is 0 Å². The number of rotatable bonds is 1. The maximum Gasteiger partial charge on any atom is 0.201 e. The summed E-state index contributed by atoms with van der Waals surface area (Å²) < 4.78 is 0. The molecule has 4 atom stereocenters. The number of nitrogens with one attached hydrogen (secondary N) is 2. The fourth-order valence-corrected chi connectivity index (χ4v) is 10.6. The SMILES string of the molecule is CC1CC(C)CC2(Cc3c(C4=C(O)/C(=c5\ccc6cccc7c6c5=NC5(CC(C)CC(C)C5)N7)C4=O)ccc4cccc(c34)N2)C1. The second-order valence-electron chi connectivity index (χ2n) is 15.8. The Morgan fingerprint density at radius 2 is 1.33 bits per heavy atom. The molecule has 4 unspecified atom stereocenters. The van der Waals surface area contributed by atoms with E-state index in [1.54, 1.807) is 0 Å². The van der Waals surface area contributed by atoms with Crippen molar-refractivity contribution in [2.45, 2.75) is 83.8 Å². The zero-order valence-corrected chi connectivity index (χ0v) is 27.3. The highest BCUT2D eigenvalue weighted by atomic mass is 16.3. The molecule has 0 radical (unpaired) electrons. The summed E-state index contributed by atoms with van der Waals surface area (Å²) in [6.45, 7) is 9.37. The largest absolute Gasteiger partial charge is 0.506 e. The van der Waals surface area contributed by atoms with Crippen molar-refractivity contribution >= 4 is 49.8 Å². The molecule has 2 aliphatic heterocycles. The number of aliphatic hydroxyl groups excluding tert-OH is 1. The maximum absolute atomic E-state index is 14.4. The van der Waals surface area contributed by atoms with Gasteiger partial charge in [-0.15, -0.1) is 0 Å². The van der Waals surface area contributed by atoms with Crippen LogP contribution < -0.4 is 21.2 Å². The van der Waals surface area contributed by atoms with Crippen LogP contribution in [-0.4, -0.2) is 22.1 Å². The number of allylic oxidation sites excluding steroid dienone is 2. The lowest BCUT2D eigenvalue weighted by atomic mass is 9.66. The number of hydrogen-bond donors (Lipinski definition) is 3. The Morgan fingerprint density at radius 3 is 2.00 bits per heavy atom. The third kappa shape index (κ3) is 4.06. The second kappa shape index (κ2) is 9.70. The van der Waals surface area contributed by atoms with E-state index in [-0.39, 0.29) is 17.1 Å². The molecular weight excluding hydrogens is 566 g/mol. The lowest BCUT2D eigenvalue weighted by Crippen LogP contribution is -2.49. The van der Waals surface area contributed by atoms with Crippen molar-refractivity contribution < 1.29 is 9.90 Å². The summed E-state index contributed by atoms with van der Waals surface area (Å²) in [6, 6.07) is 21.1. The van der Waals surface area contributed by atoms with E-state index in [2.05, 4.69) is 92.9 Å².